The summed E-state index contributed by atoms with van der Waals surface area (Å²) in [6.45, 7) is 0.782. The van der Waals surface area contributed by atoms with Crippen LogP contribution in [0, 0.1) is 17.6 Å². The first kappa shape index (κ1) is 15.9. The van der Waals surface area contributed by atoms with Gasteiger partial charge in [-0.1, -0.05) is 29.8 Å². The van der Waals surface area contributed by atoms with E-state index in [2.05, 4.69) is 5.32 Å². The van der Waals surface area contributed by atoms with Gasteiger partial charge in [-0.15, -0.1) is 0 Å². The molecule has 1 atom stereocenters. The lowest BCUT2D eigenvalue weighted by molar-refractivity contribution is 0.491. The molecule has 0 radical (unpaired) electrons. The minimum absolute atomic E-state index is 0.226. The van der Waals surface area contributed by atoms with E-state index >= 15 is 0 Å². The van der Waals surface area contributed by atoms with Crippen LogP contribution in [0.1, 0.15) is 11.1 Å². The third-order valence-electron chi connectivity index (χ3n) is 3.43. The fraction of sp³-hybridized carbons (Fsp3) is 0.294. The second-order valence-corrected chi connectivity index (χ2v) is 5.60. The zero-order valence-electron chi connectivity index (χ0n) is 11.9. The summed E-state index contributed by atoms with van der Waals surface area (Å²) < 4.78 is 26.3. The Kier molecular flexibility index (Phi) is 5.71. The van der Waals surface area contributed by atoms with Gasteiger partial charge in [-0.25, -0.2) is 8.78 Å². The number of hydrogen-bond donors (Lipinski definition) is 1. The summed E-state index contributed by atoms with van der Waals surface area (Å²) in [5.74, 6) is -0.297. The largest absolute Gasteiger partial charge is 0.319 e. The molecule has 2 aromatic carbocycles. The SMILES string of the molecule is CNCC(Cc1cccc(F)c1)Cc1ccc(F)cc1Cl. The average molecular weight is 310 g/mol. The first-order chi connectivity index (χ1) is 10.1. The van der Waals surface area contributed by atoms with Crippen LogP contribution in [0.25, 0.3) is 0 Å². The topological polar surface area (TPSA) is 12.0 Å². The Hall–Kier alpha value is -1.45. The fourth-order valence-corrected chi connectivity index (χ4v) is 2.75. The molecule has 0 aromatic heterocycles. The van der Waals surface area contributed by atoms with Crippen molar-refractivity contribution < 1.29 is 8.78 Å². The third kappa shape index (κ3) is 4.80. The van der Waals surface area contributed by atoms with Crippen molar-refractivity contribution in [3.63, 3.8) is 0 Å². The summed E-state index contributed by atoms with van der Waals surface area (Å²) in [6, 6.07) is 11.1. The molecule has 1 nitrogen and oxygen atoms in total. The standard InChI is InChI=1S/C17H18ClF2N/c1-21-11-13(7-12-3-2-4-15(19)9-12)8-14-5-6-16(20)10-17(14)18/h2-6,9-10,13,21H,7-8,11H2,1H3. The molecule has 0 amide bonds. The number of halogens is 3. The predicted molar refractivity (Wildman–Crippen MR) is 82.6 cm³/mol. The molecule has 0 aliphatic carbocycles. The first-order valence-corrected chi connectivity index (χ1v) is 7.29. The van der Waals surface area contributed by atoms with Crippen LogP contribution < -0.4 is 5.32 Å². The van der Waals surface area contributed by atoms with Gasteiger partial charge < -0.3 is 5.32 Å². The molecule has 112 valence electrons. The predicted octanol–water partition coefficient (Wildman–Crippen LogP) is 4.24. The van der Waals surface area contributed by atoms with Crippen LogP contribution in [-0.2, 0) is 12.8 Å². The summed E-state index contributed by atoms with van der Waals surface area (Å²) in [7, 11) is 1.88. The van der Waals surface area contributed by atoms with Crippen molar-refractivity contribution >= 4 is 11.6 Å². The lowest BCUT2D eigenvalue weighted by atomic mass is 9.92. The summed E-state index contributed by atoms with van der Waals surface area (Å²) in [5, 5.41) is 3.58. The van der Waals surface area contributed by atoms with Crippen LogP contribution in [0.2, 0.25) is 5.02 Å². The molecule has 21 heavy (non-hydrogen) atoms. The maximum absolute atomic E-state index is 13.3. The van der Waals surface area contributed by atoms with E-state index in [0.29, 0.717) is 5.02 Å². The Bertz CT molecular complexity index is 601. The van der Waals surface area contributed by atoms with Crippen molar-refractivity contribution in [3.05, 3.63) is 70.2 Å². The second-order valence-electron chi connectivity index (χ2n) is 5.20. The van der Waals surface area contributed by atoms with Gasteiger partial charge in [0.25, 0.3) is 0 Å². The molecule has 0 spiro atoms. The smallest absolute Gasteiger partial charge is 0.124 e. The van der Waals surface area contributed by atoms with Crippen molar-refractivity contribution in [1.29, 1.82) is 0 Å². The van der Waals surface area contributed by atoms with Crippen LogP contribution in [0.5, 0.6) is 0 Å². The monoisotopic (exact) mass is 309 g/mol. The fourth-order valence-electron chi connectivity index (χ4n) is 2.50. The lowest BCUT2D eigenvalue weighted by Gasteiger charge is -2.17. The number of hydrogen-bond acceptors (Lipinski definition) is 1. The summed E-state index contributed by atoms with van der Waals surface area (Å²) in [5.41, 5.74) is 1.86. The maximum Gasteiger partial charge on any atom is 0.124 e. The molecule has 0 aliphatic rings. The normalized spacial score (nSPS) is 12.4. The lowest BCUT2D eigenvalue weighted by Crippen LogP contribution is -2.23. The van der Waals surface area contributed by atoms with Gasteiger partial charge in [-0.2, -0.15) is 0 Å². The van der Waals surface area contributed by atoms with E-state index < -0.39 is 0 Å². The molecule has 0 aliphatic heterocycles. The molecule has 0 fully saturated rings. The van der Waals surface area contributed by atoms with Crippen molar-refractivity contribution in [1.82, 2.24) is 5.32 Å². The Morgan fingerprint density at radius 3 is 2.48 bits per heavy atom. The average Bonchev–Trinajstić information content (AvgIpc) is 2.42. The molecular formula is C17H18ClF2N. The highest BCUT2D eigenvalue weighted by molar-refractivity contribution is 6.31. The van der Waals surface area contributed by atoms with E-state index in [1.165, 1.54) is 18.2 Å². The van der Waals surface area contributed by atoms with Crippen LogP contribution in [0.15, 0.2) is 42.5 Å². The first-order valence-electron chi connectivity index (χ1n) is 6.91. The van der Waals surface area contributed by atoms with Gasteiger partial charge in [0.2, 0.25) is 0 Å². The molecule has 2 rings (SSSR count). The highest BCUT2D eigenvalue weighted by atomic mass is 35.5. The van der Waals surface area contributed by atoms with E-state index in [-0.39, 0.29) is 17.6 Å². The van der Waals surface area contributed by atoms with Gasteiger partial charge in [0, 0.05) is 5.02 Å². The van der Waals surface area contributed by atoms with Crippen molar-refractivity contribution in [2.24, 2.45) is 5.92 Å². The van der Waals surface area contributed by atoms with E-state index in [0.717, 1.165) is 30.5 Å². The van der Waals surface area contributed by atoms with Crippen molar-refractivity contribution in [2.75, 3.05) is 13.6 Å². The van der Waals surface area contributed by atoms with Crippen molar-refractivity contribution in [2.45, 2.75) is 12.8 Å². The minimum atomic E-state index is -0.334. The highest BCUT2D eigenvalue weighted by Crippen LogP contribution is 2.22. The molecule has 4 heteroatoms. The molecule has 2 aromatic rings. The zero-order valence-corrected chi connectivity index (χ0v) is 12.6. The highest BCUT2D eigenvalue weighted by Gasteiger charge is 2.13. The van der Waals surface area contributed by atoms with E-state index in [1.807, 2.05) is 13.1 Å². The number of nitrogens with one attached hydrogen (secondary N) is 1. The van der Waals surface area contributed by atoms with Gasteiger partial charge in [0.15, 0.2) is 0 Å². The summed E-state index contributed by atoms with van der Waals surface area (Å²) in [6.07, 6.45) is 1.46. The van der Waals surface area contributed by atoms with Gasteiger partial charge >= 0.3 is 0 Å². The van der Waals surface area contributed by atoms with Crippen LogP contribution in [-0.4, -0.2) is 13.6 Å². The van der Waals surface area contributed by atoms with Gasteiger partial charge in [-0.3, -0.25) is 0 Å². The third-order valence-corrected chi connectivity index (χ3v) is 3.78. The molecular weight excluding hydrogens is 292 g/mol. The Morgan fingerprint density at radius 1 is 1.05 bits per heavy atom. The van der Waals surface area contributed by atoms with E-state index in [9.17, 15) is 8.78 Å². The second kappa shape index (κ2) is 7.53. The quantitative estimate of drug-likeness (QED) is 0.841. The maximum atomic E-state index is 13.3. The van der Waals surface area contributed by atoms with Crippen LogP contribution in [0.3, 0.4) is 0 Å². The van der Waals surface area contributed by atoms with Gasteiger partial charge in [-0.05, 0) is 67.7 Å². The molecule has 1 unspecified atom stereocenters. The summed E-state index contributed by atoms with van der Waals surface area (Å²) >= 11 is 6.08. The van der Waals surface area contributed by atoms with Crippen LogP contribution >= 0.6 is 11.6 Å². The Labute approximate surface area is 128 Å². The van der Waals surface area contributed by atoms with Gasteiger partial charge in [0.05, 0.1) is 0 Å². The Balaban J connectivity index is 2.11. The molecule has 1 N–H and O–H groups in total. The zero-order chi connectivity index (χ0) is 15.2. The number of rotatable bonds is 6. The van der Waals surface area contributed by atoms with E-state index in [4.69, 9.17) is 11.6 Å². The Morgan fingerprint density at radius 2 is 1.81 bits per heavy atom. The minimum Gasteiger partial charge on any atom is -0.319 e. The molecule has 0 saturated heterocycles. The summed E-state index contributed by atoms with van der Waals surface area (Å²) in [4.78, 5) is 0. The van der Waals surface area contributed by atoms with Crippen molar-refractivity contribution in [3.8, 4) is 0 Å². The molecule has 0 bridgehead atoms. The van der Waals surface area contributed by atoms with Crippen LogP contribution in [0.4, 0.5) is 8.78 Å². The number of benzene rings is 2. The van der Waals surface area contributed by atoms with E-state index in [1.54, 1.807) is 18.2 Å². The molecule has 0 heterocycles. The molecule has 0 saturated carbocycles. The van der Waals surface area contributed by atoms with Gasteiger partial charge in [0.1, 0.15) is 11.6 Å².